The van der Waals surface area contributed by atoms with Crippen LogP contribution in [0.3, 0.4) is 0 Å². The van der Waals surface area contributed by atoms with Crippen molar-refractivity contribution in [1.82, 2.24) is 5.27 Å². The van der Waals surface area contributed by atoms with Crippen molar-refractivity contribution in [3.8, 4) is 0 Å². The number of carbonyl (C=O) groups is 1. The van der Waals surface area contributed by atoms with Crippen molar-refractivity contribution in [3.05, 3.63) is 6.20 Å². The monoisotopic (exact) mass is 211 g/mol. The summed E-state index contributed by atoms with van der Waals surface area (Å²) in [6, 6.07) is 0. The molecule has 1 aliphatic heterocycles. The van der Waals surface area contributed by atoms with Gasteiger partial charge in [-0.25, -0.2) is 0 Å². The number of piperidine rings is 1. The predicted octanol–water partition coefficient (Wildman–Crippen LogP) is 0.0424. The SMILES string of the molecule is CC(=O)Nc1c[n+](N2CCCCC2)no1. The first-order valence-corrected chi connectivity index (χ1v) is 5.17. The molecule has 1 N–H and O–H groups in total. The largest absolute Gasteiger partial charge is 0.305 e. The predicted molar refractivity (Wildman–Crippen MR) is 52.8 cm³/mol. The fourth-order valence-electron chi connectivity index (χ4n) is 1.68. The van der Waals surface area contributed by atoms with E-state index < -0.39 is 0 Å². The number of hydrogen-bond donors (Lipinski definition) is 1. The van der Waals surface area contributed by atoms with Crippen molar-refractivity contribution >= 4 is 11.8 Å². The summed E-state index contributed by atoms with van der Waals surface area (Å²) in [6.07, 6.45) is 5.31. The molecule has 15 heavy (non-hydrogen) atoms. The van der Waals surface area contributed by atoms with E-state index in [4.69, 9.17) is 4.52 Å². The van der Waals surface area contributed by atoms with Gasteiger partial charge in [-0.3, -0.25) is 14.6 Å². The van der Waals surface area contributed by atoms with Crippen LogP contribution in [-0.2, 0) is 4.79 Å². The number of nitrogens with zero attached hydrogens (tertiary/aromatic N) is 3. The second kappa shape index (κ2) is 4.29. The summed E-state index contributed by atoms with van der Waals surface area (Å²) in [4.78, 5) is 12.4. The fraction of sp³-hybridized carbons (Fsp3) is 0.667. The van der Waals surface area contributed by atoms with Gasteiger partial charge >= 0.3 is 5.88 Å². The highest BCUT2D eigenvalue weighted by atomic mass is 16.5. The minimum absolute atomic E-state index is 0.156. The molecule has 1 aromatic rings. The molecule has 0 atom stereocenters. The van der Waals surface area contributed by atoms with Crippen LogP contribution in [0.4, 0.5) is 5.88 Å². The number of aromatic nitrogens is 2. The van der Waals surface area contributed by atoms with Gasteiger partial charge in [-0.15, -0.1) is 0 Å². The minimum atomic E-state index is -0.156. The van der Waals surface area contributed by atoms with Crippen molar-refractivity contribution in [2.24, 2.45) is 0 Å². The first-order chi connectivity index (χ1) is 7.25. The van der Waals surface area contributed by atoms with Gasteiger partial charge in [-0.05, 0) is 19.3 Å². The maximum absolute atomic E-state index is 10.8. The van der Waals surface area contributed by atoms with E-state index in [1.165, 1.54) is 26.2 Å². The highest BCUT2D eigenvalue weighted by molar-refractivity contribution is 5.86. The molecule has 6 heteroatoms. The number of amides is 1. The van der Waals surface area contributed by atoms with E-state index >= 15 is 0 Å². The second-order valence-corrected chi connectivity index (χ2v) is 3.68. The third-order valence-corrected chi connectivity index (χ3v) is 2.38. The van der Waals surface area contributed by atoms with Crippen LogP contribution in [0.25, 0.3) is 0 Å². The summed E-state index contributed by atoms with van der Waals surface area (Å²) < 4.78 is 4.97. The van der Waals surface area contributed by atoms with E-state index in [9.17, 15) is 4.79 Å². The van der Waals surface area contributed by atoms with Gasteiger partial charge in [0.25, 0.3) is 6.20 Å². The Morgan fingerprint density at radius 3 is 2.93 bits per heavy atom. The molecule has 0 aliphatic carbocycles. The Labute approximate surface area is 87.8 Å². The van der Waals surface area contributed by atoms with Gasteiger partial charge in [0.2, 0.25) is 11.2 Å². The normalized spacial score (nSPS) is 16.5. The average molecular weight is 211 g/mol. The van der Waals surface area contributed by atoms with Crippen LogP contribution in [0.5, 0.6) is 0 Å². The zero-order chi connectivity index (χ0) is 10.7. The van der Waals surface area contributed by atoms with Crippen LogP contribution in [0.1, 0.15) is 26.2 Å². The van der Waals surface area contributed by atoms with Crippen LogP contribution in [0.15, 0.2) is 10.7 Å². The summed E-state index contributed by atoms with van der Waals surface area (Å²) >= 11 is 0. The number of carbonyl (C=O) groups excluding carboxylic acids is 1. The number of hydrogen-bond acceptors (Lipinski definition) is 4. The van der Waals surface area contributed by atoms with Crippen molar-refractivity contribution in [2.45, 2.75) is 26.2 Å². The van der Waals surface area contributed by atoms with Gasteiger partial charge in [0, 0.05) is 6.92 Å². The summed E-state index contributed by atoms with van der Waals surface area (Å²) in [7, 11) is 0. The summed E-state index contributed by atoms with van der Waals surface area (Å²) in [5, 5.41) is 8.49. The minimum Gasteiger partial charge on any atom is -0.289 e. The molecule has 0 aromatic carbocycles. The molecule has 1 fully saturated rings. The highest BCUT2D eigenvalue weighted by Gasteiger charge is 2.22. The fourth-order valence-corrected chi connectivity index (χ4v) is 1.68. The summed E-state index contributed by atoms with van der Waals surface area (Å²) in [5.74, 6) is 0.227. The van der Waals surface area contributed by atoms with E-state index in [1.54, 1.807) is 11.0 Å². The topological polar surface area (TPSA) is 62.3 Å². The Bertz CT molecular complexity index is 344. The third kappa shape index (κ3) is 2.45. The lowest BCUT2D eigenvalue weighted by atomic mass is 10.2. The maximum Gasteiger partial charge on any atom is 0.305 e. The van der Waals surface area contributed by atoms with Gasteiger partial charge in [-0.2, -0.15) is 5.01 Å². The highest BCUT2D eigenvalue weighted by Crippen LogP contribution is 2.05. The molecule has 0 bridgehead atoms. The van der Waals surface area contributed by atoms with E-state index in [0.29, 0.717) is 5.88 Å². The Kier molecular flexibility index (Phi) is 2.84. The van der Waals surface area contributed by atoms with Crippen molar-refractivity contribution in [2.75, 3.05) is 23.4 Å². The zero-order valence-electron chi connectivity index (χ0n) is 8.77. The van der Waals surface area contributed by atoms with Gasteiger partial charge in [0.05, 0.1) is 17.9 Å². The van der Waals surface area contributed by atoms with Crippen LogP contribution in [0, 0.1) is 0 Å². The first kappa shape index (κ1) is 9.95. The lowest BCUT2D eigenvalue weighted by Crippen LogP contribution is -2.60. The van der Waals surface area contributed by atoms with E-state index in [2.05, 4.69) is 15.6 Å². The lowest BCUT2D eigenvalue weighted by Gasteiger charge is -2.17. The molecular formula is C9H15N4O2+. The van der Waals surface area contributed by atoms with Gasteiger partial charge < -0.3 is 0 Å². The van der Waals surface area contributed by atoms with Gasteiger partial charge in [0.1, 0.15) is 0 Å². The Morgan fingerprint density at radius 1 is 1.53 bits per heavy atom. The summed E-state index contributed by atoms with van der Waals surface area (Å²) in [5.41, 5.74) is 0. The Balaban J connectivity index is 2.02. The second-order valence-electron chi connectivity index (χ2n) is 3.68. The molecule has 0 unspecified atom stereocenters. The smallest absolute Gasteiger partial charge is 0.289 e. The summed E-state index contributed by atoms with van der Waals surface area (Å²) in [6.45, 7) is 3.40. The first-order valence-electron chi connectivity index (χ1n) is 5.17. The van der Waals surface area contributed by atoms with Crippen LogP contribution in [-0.4, -0.2) is 24.3 Å². The van der Waals surface area contributed by atoms with E-state index in [1.807, 2.05) is 0 Å². The third-order valence-electron chi connectivity index (χ3n) is 2.38. The maximum atomic E-state index is 10.8. The zero-order valence-corrected chi connectivity index (χ0v) is 8.77. The number of anilines is 1. The molecule has 1 aromatic heterocycles. The van der Waals surface area contributed by atoms with E-state index in [-0.39, 0.29) is 5.91 Å². The molecule has 6 nitrogen and oxygen atoms in total. The number of nitrogens with one attached hydrogen (secondary N) is 1. The number of rotatable bonds is 2. The Morgan fingerprint density at radius 2 is 2.27 bits per heavy atom. The van der Waals surface area contributed by atoms with Crippen molar-refractivity contribution in [3.63, 3.8) is 0 Å². The van der Waals surface area contributed by atoms with Crippen LogP contribution < -0.4 is 15.1 Å². The van der Waals surface area contributed by atoms with Crippen molar-refractivity contribution in [1.29, 1.82) is 0 Å². The van der Waals surface area contributed by atoms with E-state index in [0.717, 1.165) is 13.1 Å². The molecular weight excluding hydrogens is 196 g/mol. The molecule has 0 saturated carbocycles. The standard InChI is InChI=1S/C9H14N4O2/c1-8(14)10-9-7-13(11-15-9)12-5-3-2-4-6-12/h7H,2-6H2,1H3/p+1. The molecule has 0 radical (unpaired) electrons. The van der Waals surface area contributed by atoms with Crippen LogP contribution >= 0.6 is 0 Å². The molecule has 1 saturated heterocycles. The van der Waals surface area contributed by atoms with Gasteiger partial charge in [-0.1, -0.05) is 0 Å². The van der Waals surface area contributed by atoms with Gasteiger partial charge in [0.15, 0.2) is 0 Å². The molecule has 2 heterocycles. The molecule has 2 rings (SSSR count). The molecule has 82 valence electrons. The average Bonchev–Trinajstić information content (AvgIpc) is 2.67. The molecule has 1 aliphatic rings. The lowest BCUT2D eigenvalue weighted by molar-refractivity contribution is -0.759. The molecule has 0 spiro atoms. The van der Waals surface area contributed by atoms with Crippen LogP contribution in [0.2, 0.25) is 0 Å². The quantitative estimate of drug-likeness (QED) is 0.702. The Hall–Kier alpha value is -1.59. The van der Waals surface area contributed by atoms with Crippen molar-refractivity contribution < 1.29 is 14.1 Å². The molecule has 1 amide bonds.